The average Bonchev–Trinajstić information content (AvgIpc) is 2.40. The Bertz CT molecular complexity index is 778. The minimum absolute atomic E-state index is 0.145. The highest BCUT2D eigenvalue weighted by molar-refractivity contribution is 7.90. The first-order valence-corrected chi connectivity index (χ1v) is 8.25. The Morgan fingerprint density at radius 1 is 1.24 bits per heavy atom. The van der Waals surface area contributed by atoms with Crippen molar-refractivity contribution in [2.45, 2.75) is 11.4 Å². The Balaban J connectivity index is 2.21. The molecule has 0 aliphatic heterocycles. The van der Waals surface area contributed by atoms with Gasteiger partial charge in [0.25, 0.3) is 0 Å². The van der Waals surface area contributed by atoms with Crippen LogP contribution < -0.4 is 5.32 Å². The molecule has 21 heavy (non-hydrogen) atoms. The summed E-state index contributed by atoms with van der Waals surface area (Å²) >= 11 is 6.00. The Morgan fingerprint density at radius 3 is 2.57 bits per heavy atom. The average molecular weight is 330 g/mol. The van der Waals surface area contributed by atoms with Crippen molar-refractivity contribution in [2.75, 3.05) is 11.6 Å². The summed E-state index contributed by atoms with van der Waals surface area (Å²) in [4.78, 5) is 0.145. The SMILES string of the molecule is CS(=O)(=O)c1ccc(Cl)c(NCc2ccc(O)c(F)c2)c1. The maximum Gasteiger partial charge on any atom is 0.175 e. The minimum Gasteiger partial charge on any atom is -0.505 e. The number of phenolic OH excluding ortho intramolecular Hbond substituents is 1. The van der Waals surface area contributed by atoms with Crippen LogP contribution in [0.2, 0.25) is 5.02 Å². The van der Waals surface area contributed by atoms with Gasteiger partial charge in [0.15, 0.2) is 21.4 Å². The smallest absolute Gasteiger partial charge is 0.175 e. The third kappa shape index (κ3) is 3.86. The molecule has 2 aromatic carbocycles. The summed E-state index contributed by atoms with van der Waals surface area (Å²) in [5.74, 6) is -1.14. The van der Waals surface area contributed by atoms with Crippen molar-refractivity contribution in [1.29, 1.82) is 0 Å². The number of halogens is 2. The maximum absolute atomic E-state index is 13.2. The second-order valence-corrected chi connectivity index (χ2v) is 6.98. The molecule has 7 heteroatoms. The van der Waals surface area contributed by atoms with E-state index in [1.165, 1.54) is 30.3 Å². The zero-order chi connectivity index (χ0) is 15.6. The lowest BCUT2D eigenvalue weighted by Gasteiger charge is -2.10. The van der Waals surface area contributed by atoms with Gasteiger partial charge in [0.2, 0.25) is 0 Å². The van der Waals surface area contributed by atoms with E-state index in [-0.39, 0.29) is 11.4 Å². The molecule has 112 valence electrons. The minimum atomic E-state index is -3.33. The molecule has 0 amide bonds. The molecule has 0 saturated carbocycles. The van der Waals surface area contributed by atoms with E-state index in [1.54, 1.807) is 6.07 Å². The van der Waals surface area contributed by atoms with E-state index in [9.17, 15) is 12.8 Å². The lowest BCUT2D eigenvalue weighted by atomic mass is 10.2. The molecule has 0 aliphatic carbocycles. The standard InChI is InChI=1S/C14H13ClFNO3S/c1-21(19,20)10-3-4-11(15)13(7-10)17-8-9-2-5-14(18)12(16)6-9/h2-7,17-18H,8H2,1H3. The monoisotopic (exact) mass is 329 g/mol. The molecule has 0 radical (unpaired) electrons. The van der Waals surface area contributed by atoms with Gasteiger partial charge in [-0.05, 0) is 35.9 Å². The second-order valence-electron chi connectivity index (χ2n) is 4.55. The van der Waals surface area contributed by atoms with Gasteiger partial charge in [0.1, 0.15) is 0 Å². The van der Waals surface area contributed by atoms with Gasteiger partial charge in [0, 0.05) is 12.8 Å². The Kier molecular flexibility index (Phi) is 4.39. The molecule has 0 saturated heterocycles. The van der Waals surface area contributed by atoms with Gasteiger partial charge < -0.3 is 10.4 Å². The van der Waals surface area contributed by atoms with E-state index < -0.39 is 21.4 Å². The van der Waals surface area contributed by atoms with Crippen LogP contribution in [-0.4, -0.2) is 19.8 Å². The van der Waals surface area contributed by atoms with E-state index in [0.717, 1.165) is 6.26 Å². The number of nitrogens with one attached hydrogen (secondary N) is 1. The van der Waals surface area contributed by atoms with Gasteiger partial charge in [-0.15, -0.1) is 0 Å². The summed E-state index contributed by atoms with van der Waals surface area (Å²) < 4.78 is 36.2. The Morgan fingerprint density at radius 2 is 1.95 bits per heavy atom. The normalized spacial score (nSPS) is 11.4. The van der Waals surface area contributed by atoms with Gasteiger partial charge in [-0.3, -0.25) is 0 Å². The molecule has 4 nitrogen and oxygen atoms in total. The van der Waals surface area contributed by atoms with Crippen LogP contribution in [0.25, 0.3) is 0 Å². The van der Waals surface area contributed by atoms with E-state index in [1.807, 2.05) is 0 Å². The van der Waals surface area contributed by atoms with Gasteiger partial charge in [-0.1, -0.05) is 17.7 Å². The van der Waals surface area contributed by atoms with E-state index in [2.05, 4.69) is 5.32 Å². The van der Waals surface area contributed by atoms with Crippen molar-refractivity contribution >= 4 is 27.1 Å². The predicted molar refractivity (Wildman–Crippen MR) is 80.0 cm³/mol. The van der Waals surface area contributed by atoms with Crippen molar-refractivity contribution in [3.05, 3.63) is 52.8 Å². The summed E-state index contributed by atoms with van der Waals surface area (Å²) in [7, 11) is -3.33. The molecule has 0 spiro atoms. The summed E-state index contributed by atoms with van der Waals surface area (Å²) in [6, 6.07) is 8.33. The number of aromatic hydroxyl groups is 1. The van der Waals surface area contributed by atoms with Gasteiger partial charge in [-0.25, -0.2) is 12.8 Å². The molecule has 2 aromatic rings. The zero-order valence-corrected chi connectivity index (χ0v) is 12.7. The van der Waals surface area contributed by atoms with Crippen LogP contribution in [0, 0.1) is 5.82 Å². The number of benzene rings is 2. The fraction of sp³-hybridized carbons (Fsp3) is 0.143. The largest absolute Gasteiger partial charge is 0.505 e. The van der Waals surface area contributed by atoms with Crippen LogP contribution in [0.3, 0.4) is 0 Å². The zero-order valence-electron chi connectivity index (χ0n) is 11.1. The molecule has 0 unspecified atom stereocenters. The van der Waals surface area contributed by atoms with E-state index >= 15 is 0 Å². The van der Waals surface area contributed by atoms with Crippen LogP contribution in [-0.2, 0) is 16.4 Å². The predicted octanol–water partition coefficient (Wildman–Crippen LogP) is 3.20. The first-order valence-electron chi connectivity index (χ1n) is 5.98. The number of sulfone groups is 1. The van der Waals surface area contributed by atoms with Crippen molar-refractivity contribution in [3.8, 4) is 5.75 Å². The highest BCUT2D eigenvalue weighted by Gasteiger charge is 2.10. The van der Waals surface area contributed by atoms with Crippen LogP contribution >= 0.6 is 11.6 Å². The number of phenols is 1. The molecule has 0 aliphatic rings. The van der Waals surface area contributed by atoms with E-state index in [4.69, 9.17) is 16.7 Å². The molecule has 0 aromatic heterocycles. The molecule has 0 fully saturated rings. The fourth-order valence-electron chi connectivity index (χ4n) is 1.73. The van der Waals surface area contributed by atoms with E-state index in [0.29, 0.717) is 16.3 Å². The number of hydrogen-bond donors (Lipinski definition) is 2. The molecule has 2 rings (SSSR count). The third-order valence-corrected chi connectivity index (χ3v) is 4.30. The summed E-state index contributed by atoms with van der Waals surface area (Å²) in [5.41, 5.74) is 1.03. The maximum atomic E-state index is 13.2. The van der Waals surface area contributed by atoms with Crippen molar-refractivity contribution in [2.24, 2.45) is 0 Å². The van der Waals surface area contributed by atoms with Crippen molar-refractivity contribution in [3.63, 3.8) is 0 Å². The number of rotatable bonds is 4. The van der Waals surface area contributed by atoms with Crippen LogP contribution in [0.5, 0.6) is 5.75 Å². The first-order chi connectivity index (χ1) is 9.77. The topological polar surface area (TPSA) is 66.4 Å². The molecule has 0 bridgehead atoms. The molecule has 2 N–H and O–H groups in total. The molecular weight excluding hydrogens is 317 g/mol. The quantitative estimate of drug-likeness (QED) is 0.904. The van der Waals surface area contributed by atoms with Crippen LogP contribution in [0.1, 0.15) is 5.56 Å². The summed E-state index contributed by atoms with van der Waals surface area (Å²) in [5, 5.41) is 12.4. The van der Waals surface area contributed by atoms with Crippen LogP contribution in [0.15, 0.2) is 41.3 Å². The summed E-state index contributed by atoms with van der Waals surface area (Å²) in [6.07, 6.45) is 1.11. The van der Waals surface area contributed by atoms with Gasteiger partial charge in [0.05, 0.1) is 15.6 Å². The second kappa shape index (κ2) is 5.91. The third-order valence-electron chi connectivity index (χ3n) is 2.86. The Labute approximate surface area is 127 Å². The number of hydrogen-bond acceptors (Lipinski definition) is 4. The highest BCUT2D eigenvalue weighted by Crippen LogP contribution is 2.26. The lowest BCUT2D eigenvalue weighted by molar-refractivity contribution is 0.432. The van der Waals surface area contributed by atoms with Crippen molar-refractivity contribution < 1.29 is 17.9 Å². The van der Waals surface area contributed by atoms with Crippen molar-refractivity contribution in [1.82, 2.24) is 0 Å². The molecule has 0 atom stereocenters. The van der Waals surface area contributed by atoms with Crippen LogP contribution in [0.4, 0.5) is 10.1 Å². The first kappa shape index (κ1) is 15.6. The Hall–Kier alpha value is -1.79. The fourth-order valence-corrected chi connectivity index (χ4v) is 2.56. The van der Waals surface area contributed by atoms with Gasteiger partial charge in [-0.2, -0.15) is 0 Å². The number of anilines is 1. The lowest BCUT2D eigenvalue weighted by Crippen LogP contribution is -2.03. The molecular formula is C14H13ClFNO3S. The molecule has 0 heterocycles. The highest BCUT2D eigenvalue weighted by atomic mass is 35.5. The summed E-state index contributed by atoms with van der Waals surface area (Å²) in [6.45, 7) is 0.240. The van der Waals surface area contributed by atoms with Gasteiger partial charge >= 0.3 is 0 Å².